The van der Waals surface area contributed by atoms with Crippen molar-refractivity contribution in [1.82, 2.24) is 15.1 Å². The fourth-order valence-electron chi connectivity index (χ4n) is 2.03. The van der Waals surface area contributed by atoms with Gasteiger partial charge in [0, 0.05) is 17.8 Å². The summed E-state index contributed by atoms with van der Waals surface area (Å²) in [7, 11) is 0. The zero-order chi connectivity index (χ0) is 13.7. The minimum absolute atomic E-state index is 0.654. The molecule has 0 bridgehead atoms. The van der Waals surface area contributed by atoms with Crippen molar-refractivity contribution in [3.8, 4) is 11.4 Å². The molecular formula is C15H21N3O. The topological polar surface area (TPSA) is 39.1 Å². The molecule has 0 aliphatic heterocycles. The van der Waals surface area contributed by atoms with Gasteiger partial charge in [-0.25, -0.2) is 4.68 Å². The standard InChI is InChI=1S/C15H21N3O/c1-4-16-10-13-11-17-18(12(13)3)14-8-6-7-9-15(14)19-5-2/h6-9,11,16H,4-5,10H2,1-3H3. The summed E-state index contributed by atoms with van der Waals surface area (Å²) in [6.07, 6.45) is 1.92. The van der Waals surface area contributed by atoms with E-state index in [9.17, 15) is 0 Å². The number of para-hydroxylation sites is 2. The van der Waals surface area contributed by atoms with E-state index in [-0.39, 0.29) is 0 Å². The van der Waals surface area contributed by atoms with Gasteiger partial charge < -0.3 is 10.1 Å². The summed E-state index contributed by atoms with van der Waals surface area (Å²) in [5.41, 5.74) is 3.35. The van der Waals surface area contributed by atoms with E-state index in [2.05, 4.69) is 24.3 Å². The van der Waals surface area contributed by atoms with E-state index >= 15 is 0 Å². The van der Waals surface area contributed by atoms with Gasteiger partial charge in [-0.1, -0.05) is 19.1 Å². The van der Waals surface area contributed by atoms with Crippen LogP contribution >= 0.6 is 0 Å². The van der Waals surface area contributed by atoms with E-state index in [1.54, 1.807) is 0 Å². The Kier molecular flexibility index (Phi) is 4.58. The Morgan fingerprint density at radius 1 is 1.26 bits per heavy atom. The van der Waals surface area contributed by atoms with Crippen LogP contribution in [0.3, 0.4) is 0 Å². The first-order chi connectivity index (χ1) is 9.27. The van der Waals surface area contributed by atoms with Crippen LogP contribution in [0, 0.1) is 6.92 Å². The predicted molar refractivity (Wildman–Crippen MR) is 76.9 cm³/mol. The number of benzene rings is 1. The molecule has 1 aromatic carbocycles. The number of aromatic nitrogens is 2. The molecule has 0 unspecified atom stereocenters. The lowest BCUT2D eigenvalue weighted by molar-refractivity contribution is 0.338. The van der Waals surface area contributed by atoms with Crippen LogP contribution in [0.4, 0.5) is 0 Å². The molecule has 0 aliphatic rings. The highest BCUT2D eigenvalue weighted by atomic mass is 16.5. The van der Waals surface area contributed by atoms with Crippen molar-refractivity contribution < 1.29 is 4.74 Å². The van der Waals surface area contributed by atoms with Gasteiger partial charge in [-0.05, 0) is 32.5 Å². The third kappa shape index (κ3) is 2.96. The minimum atomic E-state index is 0.654. The first-order valence-corrected chi connectivity index (χ1v) is 6.74. The summed E-state index contributed by atoms with van der Waals surface area (Å²) in [6.45, 7) is 8.64. The summed E-state index contributed by atoms with van der Waals surface area (Å²) < 4.78 is 7.60. The second kappa shape index (κ2) is 6.38. The highest BCUT2D eigenvalue weighted by molar-refractivity contribution is 5.47. The first kappa shape index (κ1) is 13.6. The second-order valence-electron chi connectivity index (χ2n) is 4.35. The van der Waals surface area contributed by atoms with Crippen molar-refractivity contribution >= 4 is 0 Å². The quantitative estimate of drug-likeness (QED) is 0.867. The number of ether oxygens (including phenoxy) is 1. The molecule has 1 aromatic heterocycles. The number of nitrogens with one attached hydrogen (secondary N) is 1. The Labute approximate surface area is 114 Å². The fourth-order valence-corrected chi connectivity index (χ4v) is 2.03. The van der Waals surface area contributed by atoms with E-state index in [4.69, 9.17) is 4.74 Å². The van der Waals surface area contributed by atoms with Gasteiger partial charge in [0.1, 0.15) is 11.4 Å². The summed E-state index contributed by atoms with van der Waals surface area (Å²) in [6, 6.07) is 7.99. The molecule has 0 fully saturated rings. The molecule has 2 aromatic rings. The average Bonchev–Trinajstić information content (AvgIpc) is 2.79. The van der Waals surface area contributed by atoms with E-state index in [1.165, 1.54) is 5.56 Å². The molecule has 0 saturated carbocycles. The van der Waals surface area contributed by atoms with Crippen molar-refractivity contribution in [2.45, 2.75) is 27.3 Å². The Bertz CT molecular complexity index is 534. The number of rotatable bonds is 6. The van der Waals surface area contributed by atoms with E-state index < -0.39 is 0 Å². The van der Waals surface area contributed by atoms with Crippen molar-refractivity contribution in [3.63, 3.8) is 0 Å². The molecule has 4 heteroatoms. The molecule has 1 heterocycles. The molecule has 1 N–H and O–H groups in total. The average molecular weight is 259 g/mol. The van der Waals surface area contributed by atoms with Crippen molar-refractivity contribution in [2.75, 3.05) is 13.2 Å². The van der Waals surface area contributed by atoms with Crippen LogP contribution in [0.5, 0.6) is 5.75 Å². The predicted octanol–water partition coefficient (Wildman–Crippen LogP) is 2.69. The van der Waals surface area contributed by atoms with Crippen LogP contribution in [-0.4, -0.2) is 22.9 Å². The highest BCUT2D eigenvalue weighted by Gasteiger charge is 2.11. The number of hydrogen-bond donors (Lipinski definition) is 1. The zero-order valence-electron chi connectivity index (χ0n) is 11.8. The Balaban J connectivity index is 2.34. The molecule has 0 spiro atoms. The third-order valence-electron chi connectivity index (χ3n) is 3.07. The van der Waals surface area contributed by atoms with Crippen molar-refractivity contribution in [1.29, 1.82) is 0 Å². The van der Waals surface area contributed by atoms with Crippen molar-refractivity contribution in [2.24, 2.45) is 0 Å². The van der Waals surface area contributed by atoms with Crippen LogP contribution in [0.25, 0.3) is 5.69 Å². The van der Waals surface area contributed by atoms with Crippen molar-refractivity contribution in [3.05, 3.63) is 41.7 Å². The van der Waals surface area contributed by atoms with Gasteiger partial charge >= 0.3 is 0 Å². The van der Waals surface area contributed by atoms with Gasteiger partial charge in [-0.2, -0.15) is 5.10 Å². The maximum absolute atomic E-state index is 5.66. The van der Waals surface area contributed by atoms with Crippen LogP contribution in [0.15, 0.2) is 30.5 Å². The van der Waals surface area contributed by atoms with Gasteiger partial charge in [0.25, 0.3) is 0 Å². The molecule has 0 amide bonds. The number of nitrogens with zero attached hydrogens (tertiary/aromatic N) is 2. The molecule has 0 saturated heterocycles. The van der Waals surface area contributed by atoms with Gasteiger partial charge in [0.05, 0.1) is 12.8 Å². The van der Waals surface area contributed by atoms with Crippen LogP contribution < -0.4 is 10.1 Å². The molecule has 102 valence electrons. The largest absolute Gasteiger partial charge is 0.492 e. The lowest BCUT2D eigenvalue weighted by atomic mass is 10.2. The smallest absolute Gasteiger partial charge is 0.144 e. The van der Waals surface area contributed by atoms with Crippen LogP contribution in [0.1, 0.15) is 25.1 Å². The molecular weight excluding hydrogens is 238 g/mol. The van der Waals surface area contributed by atoms with E-state index in [0.717, 1.165) is 30.2 Å². The maximum Gasteiger partial charge on any atom is 0.144 e. The SMILES string of the molecule is CCNCc1cnn(-c2ccccc2OCC)c1C. The molecule has 0 radical (unpaired) electrons. The van der Waals surface area contributed by atoms with Gasteiger partial charge in [0.2, 0.25) is 0 Å². The number of hydrogen-bond acceptors (Lipinski definition) is 3. The molecule has 0 aliphatic carbocycles. The highest BCUT2D eigenvalue weighted by Crippen LogP contribution is 2.24. The Hall–Kier alpha value is -1.81. The maximum atomic E-state index is 5.66. The third-order valence-corrected chi connectivity index (χ3v) is 3.07. The lowest BCUT2D eigenvalue weighted by Gasteiger charge is -2.11. The van der Waals surface area contributed by atoms with Crippen LogP contribution in [-0.2, 0) is 6.54 Å². The molecule has 19 heavy (non-hydrogen) atoms. The molecule has 0 atom stereocenters. The minimum Gasteiger partial charge on any atom is -0.492 e. The Morgan fingerprint density at radius 3 is 2.79 bits per heavy atom. The summed E-state index contributed by atoms with van der Waals surface area (Å²) in [5, 5.41) is 7.80. The normalized spacial score (nSPS) is 10.7. The van der Waals surface area contributed by atoms with Crippen LogP contribution in [0.2, 0.25) is 0 Å². The van der Waals surface area contributed by atoms with Gasteiger partial charge in [0.15, 0.2) is 0 Å². The second-order valence-corrected chi connectivity index (χ2v) is 4.35. The molecule has 4 nitrogen and oxygen atoms in total. The summed E-state index contributed by atoms with van der Waals surface area (Å²) in [5.74, 6) is 0.867. The first-order valence-electron chi connectivity index (χ1n) is 6.74. The summed E-state index contributed by atoms with van der Waals surface area (Å²) >= 11 is 0. The Morgan fingerprint density at radius 2 is 2.05 bits per heavy atom. The zero-order valence-corrected chi connectivity index (χ0v) is 11.8. The van der Waals surface area contributed by atoms with Gasteiger partial charge in [-0.3, -0.25) is 0 Å². The lowest BCUT2D eigenvalue weighted by Crippen LogP contribution is -2.12. The fraction of sp³-hybridized carbons (Fsp3) is 0.400. The van der Waals surface area contributed by atoms with E-state index in [0.29, 0.717) is 6.61 Å². The van der Waals surface area contributed by atoms with Gasteiger partial charge in [-0.15, -0.1) is 0 Å². The summed E-state index contributed by atoms with van der Waals surface area (Å²) in [4.78, 5) is 0. The monoisotopic (exact) mass is 259 g/mol. The molecule has 2 rings (SSSR count). The van der Waals surface area contributed by atoms with E-state index in [1.807, 2.05) is 42.1 Å².